The van der Waals surface area contributed by atoms with E-state index in [9.17, 15) is 4.79 Å². The fraction of sp³-hybridized carbons (Fsp3) is 0.952. The highest BCUT2D eigenvalue weighted by molar-refractivity contribution is 5.78. The molecule has 5 aliphatic carbocycles. The van der Waals surface area contributed by atoms with Gasteiger partial charge >= 0.3 is 0 Å². The van der Waals surface area contributed by atoms with Gasteiger partial charge in [-0.2, -0.15) is 9.78 Å². The molecule has 1 saturated heterocycles. The van der Waals surface area contributed by atoms with E-state index in [1.807, 2.05) is 13.8 Å². The summed E-state index contributed by atoms with van der Waals surface area (Å²) >= 11 is 0. The van der Waals surface area contributed by atoms with Gasteiger partial charge in [-0.05, 0) is 70.6 Å². The van der Waals surface area contributed by atoms with E-state index in [0.717, 1.165) is 37.5 Å². The zero-order chi connectivity index (χ0) is 18.9. The Bertz CT molecular complexity index is 578. The minimum absolute atomic E-state index is 0.0141. The third-order valence-electron chi connectivity index (χ3n) is 7.78. The molecule has 6 fully saturated rings. The van der Waals surface area contributed by atoms with E-state index in [4.69, 9.17) is 20.2 Å². The normalized spacial score (nSPS) is 48.5. The van der Waals surface area contributed by atoms with Crippen LogP contribution in [0.25, 0.3) is 0 Å². The van der Waals surface area contributed by atoms with Crippen LogP contribution >= 0.6 is 0 Å². The average molecular weight is 379 g/mol. The van der Waals surface area contributed by atoms with E-state index >= 15 is 0 Å². The molecule has 0 aromatic heterocycles. The van der Waals surface area contributed by atoms with Crippen molar-refractivity contribution in [3.05, 3.63) is 0 Å². The molecular weight excluding hydrogens is 344 g/mol. The highest BCUT2D eigenvalue weighted by Gasteiger charge is 2.66. The number of amides is 1. The number of nitrogens with two attached hydrogens (primary N) is 1. The van der Waals surface area contributed by atoms with Crippen LogP contribution in [0, 0.1) is 29.6 Å². The molecule has 6 aliphatic rings. The van der Waals surface area contributed by atoms with Crippen molar-refractivity contribution in [1.29, 1.82) is 0 Å². The molecule has 5 saturated carbocycles. The molecule has 1 aliphatic heterocycles. The van der Waals surface area contributed by atoms with Crippen molar-refractivity contribution < 1.29 is 19.3 Å². The SMILES string of the molecule is CC(C)(N)CNC(=O)C1CCC2(CC1)OOC1(O2)C2CC3CC(C2)CC1C3. The molecule has 6 rings (SSSR count). The summed E-state index contributed by atoms with van der Waals surface area (Å²) < 4.78 is 6.70. The maximum absolute atomic E-state index is 12.5. The maximum Gasteiger partial charge on any atom is 0.223 e. The first-order valence-electron chi connectivity index (χ1n) is 10.9. The summed E-state index contributed by atoms with van der Waals surface area (Å²) in [4.78, 5) is 24.5. The van der Waals surface area contributed by atoms with Crippen LogP contribution in [0.4, 0.5) is 0 Å². The van der Waals surface area contributed by atoms with E-state index < -0.39 is 11.6 Å². The molecule has 0 atom stereocenters. The Hall–Kier alpha value is -0.690. The highest BCUT2D eigenvalue weighted by Crippen LogP contribution is 2.63. The molecule has 1 amide bonds. The van der Waals surface area contributed by atoms with Crippen LogP contribution in [-0.4, -0.2) is 29.6 Å². The van der Waals surface area contributed by atoms with Gasteiger partial charge in [-0.25, -0.2) is 0 Å². The number of ether oxygens (including phenoxy) is 1. The van der Waals surface area contributed by atoms with Gasteiger partial charge < -0.3 is 15.8 Å². The summed E-state index contributed by atoms with van der Waals surface area (Å²) in [5, 5.41) is 2.99. The number of nitrogens with one attached hydrogen (secondary N) is 1. The topological polar surface area (TPSA) is 82.8 Å². The van der Waals surface area contributed by atoms with Crippen molar-refractivity contribution in [3.63, 3.8) is 0 Å². The zero-order valence-electron chi connectivity index (χ0n) is 16.7. The first kappa shape index (κ1) is 18.3. The molecule has 0 aromatic rings. The average Bonchev–Trinajstić information content (AvgIpc) is 2.97. The van der Waals surface area contributed by atoms with Gasteiger partial charge in [-0.15, -0.1) is 0 Å². The Morgan fingerprint density at radius 1 is 1.04 bits per heavy atom. The van der Waals surface area contributed by atoms with Gasteiger partial charge in [-0.1, -0.05) is 0 Å². The van der Waals surface area contributed by atoms with Gasteiger partial charge in [0.1, 0.15) is 0 Å². The van der Waals surface area contributed by atoms with Crippen LogP contribution in [0.2, 0.25) is 0 Å². The predicted octanol–water partition coefficient (Wildman–Crippen LogP) is 2.86. The van der Waals surface area contributed by atoms with Crippen molar-refractivity contribution in [2.45, 2.75) is 88.7 Å². The molecule has 152 valence electrons. The fourth-order valence-corrected chi connectivity index (χ4v) is 6.57. The molecule has 4 bridgehead atoms. The van der Waals surface area contributed by atoms with Crippen LogP contribution in [0.1, 0.15) is 71.6 Å². The second kappa shape index (κ2) is 6.15. The maximum atomic E-state index is 12.5. The fourth-order valence-electron chi connectivity index (χ4n) is 6.57. The zero-order valence-corrected chi connectivity index (χ0v) is 16.7. The van der Waals surface area contributed by atoms with E-state index in [1.165, 1.54) is 32.1 Å². The first-order chi connectivity index (χ1) is 12.8. The predicted molar refractivity (Wildman–Crippen MR) is 99.0 cm³/mol. The molecule has 2 spiro atoms. The smallest absolute Gasteiger partial charge is 0.223 e. The van der Waals surface area contributed by atoms with Crippen LogP contribution in [0.15, 0.2) is 0 Å². The lowest BCUT2D eigenvalue weighted by Gasteiger charge is -2.57. The molecule has 6 heteroatoms. The minimum atomic E-state index is -0.640. The Morgan fingerprint density at radius 3 is 2.19 bits per heavy atom. The van der Waals surface area contributed by atoms with Crippen molar-refractivity contribution in [1.82, 2.24) is 5.32 Å². The number of hydrogen-bond acceptors (Lipinski definition) is 5. The standard InChI is InChI=1S/C21H34N2O4/c1-19(2,22)12-23-18(24)15-3-5-20(6-4-15)25-21(27-26-20)16-8-13-7-14(10-16)11-17(21)9-13/h13-17H,3-12,22H2,1-2H3,(H,23,24). The molecule has 0 radical (unpaired) electrons. The second-order valence-corrected chi connectivity index (χ2v) is 10.7. The Labute approximate surface area is 161 Å². The van der Waals surface area contributed by atoms with E-state index in [2.05, 4.69) is 5.32 Å². The van der Waals surface area contributed by atoms with Crippen LogP contribution in [-0.2, 0) is 19.3 Å². The van der Waals surface area contributed by atoms with Crippen LogP contribution < -0.4 is 11.1 Å². The Kier molecular flexibility index (Phi) is 4.18. The van der Waals surface area contributed by atoms with Crippen molar-refractivity contribution in [3.8, 4) is 0 Å². The number of carbonyl (C=O) groups excluding carboxylic acids is 1. The first-order valence-corrected chi connectivity index (χ1v) is 10.9. The monoisotopic (exact) mass is 378 g/mol. The van der Waals surface area contributed by atoms with Gasteiger partial charge in [0.25, 0.3) is 0 Å². The second-order valence-electron chi connectivity index (χ2n) is 10.7. The molecule has 0 unspecified atom stereocenters. The van der Waals surface area contributed by atoms with Gasteiger partial charge in [-0.3, -0.25) is 4.79 Å². The van der Waals surface area contributed by atoms with E-state index in [-0.39, 0.29) is 17.4 Å². The Balaban J connectivity index is 1.21. The quantitative estimate of drug-likeness (QED) is 0.738. The summed E-state index contributed by atoms with van der Waals surface area (Å²) in [6, 6.07) is 0. The van der Waals surface area contributed by atoms with E-state index in [1.54, 1.807) is 0 Å². The summed E-state index contributed by atoms with van der Waals surface area (Å²) in [5.41, 5.74) is 5.59. The summed E-state index contributed by atoms with van der Waals surface area (Å²) in [6.45, 7) is 4.34. The van der Waals surface area contributed by atoms with Crippen LogP contribution in [0.5, 0.6) is 0 Å². The largest absolute Gasteiger partial charge is 0.354 e. The van der Waals surface area contributed by atoms with Gasteiger partial charge in [0, 0.05) is 42.7 Å². The molecular formula is C21H34N2O4. The molecule has 0 aromatic carbocycles. The summed E-state index contributed by atoms with van der Waals surface area (Å²) in [6.07, 6.45) is 9.33. The molecule has 6 nitrogen and oxygen atoms in total. The number of hydrogen-bond donors (Lipinski definition) is 2. The van der Waals surface area contributed by atoms with Crippen molar-refractivity contribution in [2.24, 2.45) is 35.3 Å². The molecule has 27 heavy (non-hydrogen) atoms. The van der Waals surface area contributed by atoms with Gasteiger partial charge in [0.15, 0.2) is 0 Å². The van der Waals surface area contributed by atoms with Crippen molar-refractivity contribution in [2.75, 3.05) is 6.54 Å². The lowest BCUT2D eigenvalue weighted by Crippen LogP contribution is -2.59. The number of rotatable bonds is 3. The minimum Gasteiger partial charge on any atom is -0.354 e. The lowest BCUT2D eigenvalue weighted by molar-refractivity contribution is -0.390. The Morgan fingerprint density at radius 2 is 1.63 bits per heavy atom. The summed E-state index contributed by atoms with van der Waals surface area (Å²) in [5.74, 6) is 1.68. The van der Waals surface area contributed by atoms with E-state index in [0.29, 0.717) is 18.4 Å². The van der Waals surface area contributed by atoms with Gasteiger partial charge in [0.2, 0.25) is 17.5 Å². The molecule has 1 heterocycles. The lowest BCUT2D eigenvalue weighted by atomic mass is 9.53. The van der Waals surface area contributed by atoms with Crippen LogP contribution in [0.3, 0.4) is 0 Å². The summed E-state index contributed by atoms with van der Waals surface area (Å²) in [7, 11) is 0. The van der Waals surface area contributed by atoms with Crippen molar-refractivity contribution >= 4 is 5.91 Å². The highest BCUT2D eigenvalue weighted by atomic mass is 17.3. The van der Waals surface area contributed by atoms with Gasteiger partial charge in [0.05, 0.1) is 0 Å². The third-order valence-corrected chi connectivity index (χ3v) is 7.78. The third kappa shape index (κ3) is 3.13. The number of carbonyl (C=O) groups is 1. The molecule has 3 N–H and O–H groups in total.